The Balaban J connectivity index is 2.01. The lowest BCUT2D eigenvalue weighted by Crippen LogP contribution is -2.17. The van der Waals surface area contributed by atoms with Crippen molar-refractivity contribution < 1.29 is 17.9 Å². The number of ether oxygens (including phenoxy) is 1. The quantitative estimate of drug-likeness (QED) is 0.795. The van der Waals surface area contributed by atoms with Crippen LogP contribution in [-0.2, 0) is 6.54 Å². The second-order valence-electron chi connectivity index (χ2n) is 3.63. The molecule has 0 aliphatic carbocycles. The van der Waals surface area contributed by atoms with Crippen LogP contribution in [0.5, 0.6) is 5.75 Å². The molecule has 0 saturated carbocycles. The highest BCUT2D eigenvalue weighted by Gasteiger charge is 2.31. The summed E-state index contributed by atoms with van der Waals surface area (Å²) >= 11 is 10.1. The van der Waals surface area contributed by atoms with E-state index in [0.717, 1.165) is 4.88 Å². The van der Waals surface area contributed by atoms with E-state index in [-0.39, 0.29) is 10.2 Å². The predicted octanol–water partition coefficient (Wildman–Crippen LogP) is 5.07. The van der Waals surface area contributed by atoms with Crippen LogP contribution < -0.4 is 10.1 Å². The van der Waals surface area contributed by atoms with Crippen LogP contribution in [0.15, 0.2) is 28.9 Å². The van der Waals surface area contributed by atoms with Gasteiger partial charge in [0.15, 0.2) is 4.47 Å². The van der Waals surface area contributed by atoms with Gasteiger partial charge in [-0.2, -0.15) is 0 Å². The highest BCUT2D eigenvalue weighted by molar-refractivity contribution is 9.10. The molecular weight excluding hydrogens is 381 g/mol. The second-order valence-corrected chi connectivity index (χ2v) is 6.18. The summed E-state index contributed by atoms with van der Waals surface area (Å²) in [5.41, 5.74) is 0.649. The van der Waals surface area contributed by atoms with Gasteiger partial charge in [0.1, 0.15) is 5.75 Å². The van der Waals surface area contributed by atoms with Gasteiger partial charge in [0.2, 0.25) is 0 Å². The van der Waals surface area contributed by atoms with E-state index < -0.39 is 6.36 Å². The molecule has 3 nitrogen and oxygen atoms in total. The van der Waals surface area contributed by atoms with E-state index in [1.54, 1.807) is 6.20 Å². The molecule has 2 rings (SSSR count). The first-order valence-electron chi connectivity index (χ1n) is 5.23. The van der Waals surface area contributed by atoms with Gasteiger partial charge in [-0.1, -0.05) is 11.6 Å². The highest BCUT2D eigenvalue weighted by atomic mass is 79.9. The van der Waals surface area contributed by atoms with Crippen LogP contribution in [0.25, 0.3) is 0 Å². The van der Waals surface area contributed by atoms with Crippen LogP contribution in [0, 0.1) is 0 Å². The third-order valence-corrected chi connectivity index (χ3v) is 3.88. The number of hydrogen-bond donors (Lipinski definition) is 1. The Kier molecular flexibility index (Phi) is 4.77. The minimum absolute atomic E-state index is 0.210. The number of rotatable bonds is 4. The summed E-state index contributed by atoms with van der Waals surface area (Å²) in [5.74, 6) is -0.288. The third-order valence-electron chi connectivity index (χ3n) is 2.15. The first-order chi connectivity index (χ1) is 9.33. The number of anilines is 1. The summed E-state index contributed by atoms with van der Waals surface area (Å²) in [6, 6.07) is 4.23. The van der Waals surface area contributed by atoms with Crippen LogP contribution in [0.3, 0.4) is 0 Å². The molecule has 0 bridgehead atoms. The Morgan fingerprint density at radius 1 is 1.40 bits per heavy atom. The Morgan fingerprint density at radius 2 is 2.15 bits per heavy atom. The summed E-state index contributed by atoms with van der Waals surface area (Å²) < 4.78 is 40.9. The number of hydrogen-bond acceptors (Lipinski definition) is 4. The molecule has 0 unspecified atom stereocenters. The molecule has 0 radical (unpaired) electrons. The molecule has 1 heterocycles. The zero-order valence-corrected chi connectivity index (χ0v) is 12.8. The van der Waals surface area contributed by atoms with Gasteiger partial charge in [0, 0.05) is 16.8 Å². The average molecular weight is 388 g/mol. The van der Waals surface area contributed by atoms with Crippen LogP contribution in [0.1, 0.15) is 4.88 Å². The monoisotopic (exact) mass is 386 g/mol. The predicted molar refractivity (Wildman–Crippen MR) is 75.3 cm³/mol. The van der Waals surface area contributed by atoms with Crippen molar-refractivity contribution in [1.29, 1.82) is 0 Å². The molecule has 9 heteroatoms. The summed E-state index contributed by atoms with van der Waals surface area (Å²) in [4.78, 5) is 4.81. The van der Waals surface area contributed by atoms with Crippen LogP contribution in [0.4, 0.5) is 18.9 Å². The maximum atomic E-state index is 12.1. The van der Waals surface area contributed by atoms with Gasteiger partial charge in [0.05, 0.1) is 11.0 Å². The second kappa shape index (κ2) is 6.19. The largest absolute Gasteiger partial charge is 0.573 e. The normalized spacial score (nSPS) is 11.4. The van der Waals surface area contributed by atoms with E-state index in [9.17, 15) is 13.2 Å². The van der Waals surface area contributed by atoms with Gasteiger partial charge in [-0.3, -0.25) is 0 Å². The molecule has 1 N–H and O–H groups in total. The molecule has 0 amide bonds. The van der Waals surface area contributed by atoms with E-state index in [1.165, 1.54) is 29.5 Å². The molecule has 1 aromatic heterocycles. The van der Waals surface area contributed by atoms with Crippen LogP contribution >= 0.6 is 38.9 Å². The van der Waals surface area contributed by atoms with E-state index in [2.05, 4.69) is 31.0 Å². The van der Waals surface area contributed by atoms with Crippen molar-refractivity contribution in [3.8, 4) is 5.75 Å². The molecular formula is C11H7BrClF3N2OS. The van der Waals surface area contributed by atoms with Crippen molar-refractivity contribution in [1.82, 2.24) is 4.98 Å². The number of alkyl halides is 3. The zero-order chi connectivity index (χ0) is 14.8. The molecule has 0 spiro atoms. The van der Waals surface area contributed by atoms with E-state index in [1.807, 2.05) is 0 Å². The number of aromatic nitrogens is 1. The standard InChI is InChI=1S/C11H7BrClF3N2OS/c12-8-3-6(1-2-9(8)19-11(14,15)16)17-4-7-5-18-10(13)20-7/h1-3,5,17H,4H2. The number of nitrogens with one attached hydrogen (secondary N) is 1. The highest BCUT2D eigenvalue weighted by Crippen LogP contribution is 2.32. The molecule has 0 aliphatic heterocycles. The zero-order valence-electron chi connectivity index (χ0n) is 9.67. The molecule has 1 aromatic carbocycles. The summed E-state index contributed by atoms with van der Waals surface area (Å²) in [6.07, 6.45) is -3.08. The van der Waals surface area contributed by atoms with Crippen molar-refractivity contribution in [2.24, 2.45) is 0 Å². The minimum atomic E-state index is -4.71. The van der Waals surface area contributed by atoms with E-state index in [0.29, 0.717) is 16.7 Å². The lowest BCUT2D eigenvalue weighted by molar-refractivity contribution is -0.274. The molecule has 0 atom stereocenters. The van der Waals surface area contributed by atoms with Gasteiger partial charge >= 0.3 is 6.36 Å². The fourth-order valence-electron chi connectivity index (χ4n) is 1.37. The molecule has 2 aromatic rings. The number of benzene rings is 1. The van der Waals surface area contributed by atoms with Crippen LogP contribution in [0.2, 0.25) is 4.47 Å². The molecule has 108 valence electrons. The fourth-order valence-corrected chi connectivity index (χ4v) is 2.75. The summed E-state index contributed by atoms with van der Waals surface area (Å²) in [6.45, 7) is 0.482. The molecule has 20 heavy (non-hydrogen) atoms. The third kappa shape index (κ3) is 4.53. The Hall–Kier alpha value is -0.990. The number of thiazole rings is 1. The lowest BCUT2D eigenvalue weighted by atomic mass is 10.3. The van der Waals surface area contributed by atoms with Crippen molar-refractivity contribution in [3.05, 3.63) is 38.2 Å². The van der Waals surface area contributed by atoms with Crippen molar-refractivity contribution in [3.63, 3.8) is 0 Å². The van der Waals surface area contributed by atoms with Gasteiger partial charge in [-0.15, -0.1) is 24.5 Å². The van der Waals surface area contributed by atoms with E-state index in [4.69, 9.17) is 11.6 Å². The summed E-state index contributed by atoms with van der Waals surface area (Å²) in [7, 11) is 0. The average Bonchev–Trinajstić information content (AvgIpc) is 2.74. The first-order valence-corrected chi connectivity index (χ1v) is 7.21. The van der Waals surface area contributed by atoms with Crippen molar-refractivity contribution in [2.45, 2.75) is 12.9 Å². The van der Waals surface area contributed by atoms with Crippen molar-refractivity contribution in [2.75, 3.05) is 5.32 Å². The molecule has 0 aliphatic rings. The lowest BCUT2D eigenvalue weighted by Gasteiger charge is -2.12. The topological polar surface area (TPSA) is 34.1 Å². The molecule has 0 fully saturated rings. The minimum Gasteiger partial charge on any atom is -0.405 e. The Bertz CT molecular complexity index is 606. The van der Waals surface area contributed by atoms with Gasteiger partial charge in [-0.05, 0) is 34.1 Å². The maximum Gasteiger partial charge on any atom is 0.573 e. The van der Waals surface area contributed by atoms with Gasteiger partial charge in [0.25, 0.3) is 0 Å². The van der Waals surface area contributed by atoms with Crippen LogP contribution in [-0.4, -0.2) is 11.3 Å². The van der Waals surface area contributed by atoms with E-state index >= 15 is 0 Å². The first kappa shape index (κ1) is 15.4. The SMILES string of the molecule is FC(F)(F)Oc1ccc(NCc2cnc(Cl)s2)cc1Br. The Labute approximate surface area is 129 Å². The maximum absolute atomic E-state index is 12.1. The van der Waals surface area contributed by atoms with Gasteiger partial charge < -0.3 is 10.1 Å². The summed E-state index contributed by atoms with van der Waals surface area (Å²) in [5, 5.41) is 3.05. The van der Waals surface area contributed by atoms with Crippen molar-refractivity contribution >= 4 is 44.6 Å². The van der Waals surface area contributed by atoms with Gasteiger partial charge in [-0.25, -0.2) is 4.98 Å². The molecule has 0 saturated heterocycles. The number of nitrogens with zero attached hydrogens (tertiary/aromatic N) is 1. The fraction of sp³-hybridized carbons (Fsp3) is 0.182. The number of halogens is 5. The smallest absolute Gasteiger partial charge is 0.405 e. The Morgan fingerprint density at radius 3 is 2.70 bits per heavy atom.